The van der Waals surface area contributed by atoms with Gasteiger partial charge >= 0.3 is 0 Å². The van der Waals surface area contributed by atoms with E-state index < -0.39 is 0 Å². The first-order valence-corrected chi connectivity index (χ1v) is 5.59. The molecule has 0 aromatic carbocycles. The Morgan fingerprint density at radius 3 is 2.94 bits per heavy atom. The predicted molar refractivity (Wildman–Crippen MR) is 61.2 cm³/mol. The minimum atomic E-state index is 0.0695. The van der Waals surface area contributed by atoms with Crippen LogP contribution in [-0.2, 0) is 16.1 Å². The molecule has 4 heteroatoms. The highest BCUT2D eigenvalue weighted by molar-refractivity contribution is 5.78. The highest BCUT2D eigenvalue weighted by atomic mass is 16.5. The third-order valence-corrected chi connectivity index (χ3v) is 3.28. The van der Waals surface area contributed by atoms with E-state index in [4.69, 9.17) is 4.74 Å². The number of nitrogens with zero attached hydrogens (tertiary/aromatic N) is 2. The van der Waals surface area contributed by atoms with Crippen LogP contribution in [0.2, 0.25) is 0 Å². The number of aryl methyl sites for hydroxylation is 1. The summed E-state index contributed by atoms with van der Waals surface area (Å²) in [5.74, 6) is 0.0695. The van der Waals surface area contributed by atoms with Crippen LogP contribution >= 0.6 is 0 Å². The monoisotopic (exact) mass is 222 g/mol. The molecule has 2 rings (SSSR count). The van der Waals surface area contributed by atoms with Crippen LogP contribution in [0.5, 0.6) is 0 Å². The molecule has 1 aromatic heterocycles. The van der Waals surface area contributed by atoms with Crippen molar-refractivity contribution in [2.45, 2.75) is 26.4 Å². The van der Waals surface area contributed by atoms with Crippen molar-refractivity contribution >= 4 is 5.91 Å². The molecular formula is C12H18N2O2. The molecule has 16 heavy (non-hydrogen) atoms. The van der Waals surface area contributed by atoms with E-state index in [0.717, 1.165) is 13.1 Å². The van der Waals surface area contributed by atoms with Crippen LogP contribution in [0.4, 0.5) is 0 Å². The number of fused-ring (bicyclic) bond motifs is 1. The highest BCUT2D eigenvalue weighted by Crippen LogP contribution is 2.26. The van der Waals surface area contributed by atoms with Crippen molar-refractivity contribution in [3.05, 3.63) is 23.5 Å². The van der Waals surface area contributed by atoms with Gasteiger partial charge in [-0.15, -0.1) is 0 Å². The molecule has 0 N–H and O–H groups in total. The summed E-state index contributed by atoms with van der Waals surface area (Å²) >= 11 is 0. The number of ether oxygens (including phenoxy) is 1. The Morgan fingerprint density at radius 2 is 2.25 bits per heavy atom. The summed E-state index contributed by atoms with van der Waals surface area (Å²) in [5.41, 5.74) is 2.48. The van der Waals surface area contributed by atoms with Gasteiger partial charge in [0.2, 0.25) is 5.91 Å². The van der Waals surface area contributed by atoms with Crippen LogP contribution in [-0.4, -0.2) is 35.6 Å². The van der Waals surface area contributed by atoms with E-state index in [9.17, 15) is 4.79 Å². The van der Waals surface area contributed by atoms with Gasteiger partial charge in [0.25, 0.3) is 0 Å². The molecule has 0 spiro atoms. The first-order chi connectivity index (χ1) is 7.65. The molecule has 1 atom stereocenters. The molecule has 4 nitrogen and oxygen atoms in total. The van der Waals surface area contributed by atoms with Gasteiger partial charge in [-0.2, -0.15) is 0 Å². The Hall–Kier alpha value is -1.29. The lowest BCUT2D eigenvalue weighted by molar-refractivity contribution is -0.138. The van der Waals surface area contributed by atoms with E-state index in [2.05, 4.69) is 30.5 Å². The topological polar surface area (TPSA) is 34.5 Å². The van der Waals surface area contributed by atoms with Crippen molar-refractivity contribution in [1.29, 1.82) is 0 Å². The second kappa shape index (κ2) is 4.29. The Morgan fingerprint density at radius 1 is 1.50 bits per heavy atom. The standard InChI is InChI=1S/C12H18N2O2/c1-9-4-5-11-10(2)14(7-6-13(9)11)12(15)8-16-3/h4-5,10H,6-8H2,1-3H3. The van der Waals surface area contributed by atoms with Crippen LogP contribution in [0.25, 0.3) is 0 Å². The van der Waals surface area contributed by atoms with Gasteiger partial charge < -0.3 is 14.2 Å². The summed E-state index contributed by atoms with van der Waals surface area (Å²) < 4.78 is 7.18. The SMILES string of the molecule is COCC(=O)N1CCn2c(C)ccc2C1C. The highest BCUT2D eigenvalue weighted by Gasteiger charge is 2.27. The van der Waals surface area contributed by atoms with Gasteiger partial charge in [0.05, 0.1) is 6.04 Å². The molecular weight excluding hydrogens is 204 g/mol. The minimum Gasteiger partial charge on any atom is -0.375 e. The average molecular weight is 222 g/mol. The van der Waals surface area contributed by atoms with Crippen molar-refractivity contribution in [2.75, 3.05) is 20.3 Å². The van der Waals surface area contributed by atoms with Crippen molar-refractivity contribution in [1.82, 2.24) is 9.47 Å². The fourth-order valence-electron chi connectivity index (χ4n) is 2.37. The fourth-order valence-corrected chi connectivity index (χ4v) is 2.37. The normalized spacial score (nSPS) is 19.7. The van der Waals surface area contributed by atoms with Crippen molar-refractivity contribution in [3.63, 3.8) is 0 Å². The van der Waals surface area contributed by atoms with Gasteiger partial charge in [-0.1, -0.05) is 0 Å². The second-order valence-corrected chi connectivity index (χ2v) is 4.25. The summed E-state index contributed by atoms with van der Waals surface area (Å²) in [6.45, 7) is 5.99. The maximum atomic E-state index is 11.8. The molecule has 0 aliphatic carbocycles. The van der Waals surface area contributed by atoms with Gasteiger partial charge in [0, 0.05) is 31.6 Å². The number of carbonyl (C=O) groups excluding carboxylic acids is 1. The number of carbonyl (C=O) groups is 1. The molecule has 0 bridgehead atoms. The fraction of sp³-hybridized carbons (Fsp3) is 0.583. The summed E-state index contributed by atoms with van der Waals surface area (Å²) in [5, 5.41) is 0. The third kappa shape index (κ3) is 1.73. The lowest BCUT2D eigenvalue weighted by atomic mass is 10.1. The molecule has 2 heterocycles. The van der Waals surface area contributed by atoms with Gasteiger partial charge in [-0.05, 0) is 26.0 Å². The number of hydrogen-bond acceptors (Lipinski definition) is 2. The lowest BCUT2D eigenvalue weighted by Crippen LogP contribution is -2.42. The maximum Gasteiger partial charge on any atom is 0.249 e. The maximum absolute atomic E-state index is 11.8. The molecule has 1 aliphatic heterocycles. The zero-order valence-electron chi connectivity index (χ0n) is 10.1. The molecule has 1 amide bonds. The molecule has 1 aliphatic rings. The lowest BCUT2D eigenvalue weighted by Gasteiger charge is -2.35. The van der Waals surface area contributed by atoms with Crippen molar-refractivity contribution < 1.29 is 9.53 Å². The minimum absolute atomic E-state index is 0.0695. The van der Waals surface area contributed by atoms with Gasteiger partial charge in [-0.3, -0.25) is 4.79 Å². The first-order valence-electron chi connectivity index (χ1n) is 5.59. The molecule has 0 saturated carbocycles. The summed E-state index contributed by atoms with van der Waals surface area (Å²) in [4.78, 5) is 13.7. The third-order valence-electron chi connectivity index (χ3n) is 3.28. The smallest absolute Gasteiger partial charge is 0.249 e. The zero-order chi connectivity index (χ0) is 11.7. The number of hydrogen-bond donors (Lipinski definition) is 0. The molecule has 0 saturated heterocycles. The Labute approximate surface area is 95.8 Å². The Kier molecular flexibility index (Phi) is 3.01. The number of aromatic nitrogens is 1. The summed E-state index contributed by atoms with van der Waals surface area (Å²) in [6.07, 6.45) is 0. The Bertz CT molecular complexity index is 398. The van der Waals surface area contributed by atoms with Crippen LogP contribution in [0.1, 0.15) is 24.4 Å². The van der Waals surface area contributed by atoms with Gasteiger partial charge in [0.1, 0.15) is 6.61 Å². The predicted octanol–water partition coefficient (Wildman–Crippen LogP) is 1.35. The van der Waals surface area contributed by atoms with Gasteiger partial charge in [0.15, 0.2) is 0 Å². The van der Waals surface area contributed by atoms with E-state index >= 15 is 0 Å². The summed E-state index contributed by atoms with van der Waals surface area (Å²) in [6, 6.07) is 4.35. The average Bonchev–Trinajstić information content (AvgIpc) is 2.62. The quantitative estimate of drug-likeness (QED) is 0.757. The molecule has 1 aromatic rings. The van der Waals surface area contributed by atoms with Crippen LogP contribution < -0.4 is 0 Å². The van der Waals surface area contributed by atoms with Crippen LogP contribution in [0.15, 0.2) is 12.1 Å². The molecule has 88 valence electrons. The van der Waals surface area contributed by atoms with E-state index in [0.29, 0.717) is 0 Å². The molecule has 0 radical (unpaired) electrons. The van der Waals surface area contributed by atoms with E-state index in [1.807, 2.05) is 4.90 Å². The number of methoxy groups -OCH3 is 1. The van der Waals surface area contributed by atoms with Crippen LogP contribution in [0.3, 0.4) is 0 Å². The largest absolute Gasteiger partial charge is 0.375 e. The van der Waals surface area contributed by atoms with Crippen molar-refractivity contribution in [3.8, 4) is 0 Å². The first kappa shape index (κ1) is 11.2. The summed E-state index contributed by atoms with van der Waals surface area (Å²) in [7, 11) is 1.55. The molecule has 1 unspecified atom stereocenters. The van der Waals surface area contributed by atoms with E-state index in [-0.39, 0.29) is 18.6 Å². The molecule has 0 fully saturated rings. The zero-order valence-corrected chi connectivity index (χ0v) is 10.1. The Balaban J connectivity index is 2.21. The second-order valence-electron chi connectivity index (χ2n) is 4.25. The van der Waals surface area contributed by atoms with E-state index in [1.54, 1.807) is 7.11 Å². The van der Waals surface area contributed by atoms with Crippen LogP contribution in [0, 0.1) is 6.92 Å². The van der Waals surface area contributed by atoms with E-state index in [1.165, 1.54) is 11.4 Å². The number of rotatable bonds is 2. The van der Waals surface area contributed by atoms with Gasteiger partial charge in [-0.25, -0.2) is 0 Å². The van der Waals surface area contributed by atoms with Crippen molar-refractivity contribution in [2.24, 2.45) is 0 Å². The number of amides is 1.